The third-order valence-electron chi connectivity index (χ3n) is 6.56. The number of ether oxygens (including phenoxy) is 1. The molecular weight excluding hydrogens is 220 g/mol. The molecular formula is C17H30O. The zero-order valence-electron chi connectivity index (χ0n) is 12.5. The molecule has 0 N–H and O–H groups in total. The highest BCUT2D eigenvalue weighted by atomic mass is 16.5. The minimum atomic E-state index is 0.299. The lowest BCUT2D eigenvalue weighted by molar-refractivity contribution is -0.0906. The molecule has 3 fully saturated rings. The predicted octanol–water partition coefficient (Wildman–Crippen LogP) is 4.80. The molecule has 0 radical (unpaired) electrons. The van der Waals surface area contributed by atoms with Crippen molar-refractivity contribution in [3.63, 3.8) is 0 Å². The molecule has 2 aliphatic carbocycles. The Morgan fingerprint density at radius 2 is 1.72 bits per heavy atom. The first-order valence-corrected chi connectivity index (χ1v) is 8.19. The van der Waals surface area contributed by atoms with Crippen LogP contribution >= 0.6 is 0 Å². The highest BCUT2D eigenvalue weighted by Gasteiger charge is 2.47. The van der Waals surface area contributed by atoms with E-state index in [0.717, 1.165) is 24.4 Å². The van der Waals surface area contributed by atoms with Gasteiger partial charge in [-0.3, -0.25) is 0 Å². The monoisotopic (exact) mass is 250 g/mol. The Balaban J connectivity index is 1.58. The molecule has 1 heterocycles. The molecule has 0 aromatic heterocycles. The molecule has 0 bridgehead atoms. The van der Waals surface area contributed by atoms with E-state index in [1.807, 2.05) is 0 Å². The van der Waals surface area contributed by atoms with Gasteiger partial charge in [-0.15, -0.1) is 0 Å². The van der Waals surface area contributed by atoms with Crippen LogP contribution in [0.5, 0.6) is 0 Å². The first kappa shape index (κ1) is 13.0. The summed E-state index contributed by atoms with van der Waals surface area (Å²) < 4.78 is 6.38. The largest absolute Gasteiger partial charge is 0.375 e. The second-order valence-electron chi connectivity index (χ2n) is 7.90. The molecule has 0 unspecified atom stereocenters. The molecule has 1 heteroatoms. The summed E-state index contributed by atoms with van der Waals surface area (Å²) in [4.78, 5) is 0. The van der Waals surface area contributed by atoms with Crippen molar-refractivity contribution in [1.82, 2.24) is 0 Å². The van der Waals surface area contributed by atoms with E-state index in [4.69, 9.17) is 4.74 Å². The Hall–Kier alpha value is -0.0400. The summed E-state index contributed by atoms with van der Waals surface area (Å²) in [7, 11) is 0. The van der Waals surface area contributed by atoms with Crippen LogP contribution in [0.25, 0.3) is 0 Å². The number of hydrogen-bond donors (Lipinski definition) is 0. The van der Waals surface area contributed by atoms with Gasteiger partial charge in [0.05, 0.1) is 12.2 Å². The first-order valence-electron chi connectivity index (χ1n) is 8.19. The summed E-state index contributed by atoms with van der Waals surface area (Å²) in [6, 6.07) is 0. The molecule has 0 aromatic rings. The van der Waals surface area contributed by atoms with Gasteiger partial charge in [-0.2, -0.15) is 0 Å². The van der Waals surface area contributed by atoms with E-state index in [-0.39, 0.29) is 0 Å². The van der Waals surface area contributed by atoms with Gasteiger partial charge in [-0.05, 0) is 68.1 Å². The summed E-state index contributed by atoms with van der Waals surface area (Å²) in [6.45, 7) is 8.34. The molecule has 3 rings (SSSR count). The van der Waals surface area contributed by atoms with Crippen molar-refractivity contribution in [1.29, 1.82) is 0 Å². The maximum atomic E-state index is 6.38. The van der Waals surface area contributed by atoms with Gasteiger partial charge < -0.3 is 4.74 Å². The molecule has 2 atom stereocenters. The minimum absolute atomic E-state index is 0.299. The van der Waals surface area contributed by atoms with Gasteiger partial charge in [0, 0.05) is 0 Å². The molecule has 1 aliphatic heterocycles. The van der Waals surface area contributed by atoms with Crippen molar-refractivity contribution >= 4 is 0 Å². The lowest BCUT2D eigenvalue weighted by Crippen LogP contribution is -2.40. The van der Waals surface area contributed by atoms with Crippen LogP contribution in [0.4, 0.5) is 0 Å². The maximum absolute atomic E-state index is 6.38. The quantitative estimate of drug-likeness (QED) is 0.684. The average molecular weight is 250 g/mol. The molecule has 1 spiro atoms. The van der Waals surface area contributed by atoms with Gasteiger partial charge in [-0.1, -0.05) is 27.2 Å². The number of rotatable bonds is 2. The maximum Gasteiger partial charge on any atom is 0.0683 e. The fourth-order valence-corrected chi connectivity index (χ4v) is 4.28. The molecule has 18 heavy (non-hydrogen) atoms. The van der Waals surface area contributed by atoms with Crippen LogP contribution in [-0.4, -0.2) is 12.2 Å². The molecule has 1 saturated heterocycles. The SMILES string of the molecule is CCC(C)(C)C1CCC2(CC1)CC[C@@H]1C[C@H]1CO2. The summed E-state index contributed by atoms with van der Waals surface area (Å²) in [5.41, 5.74) is 0.836. The third-order valence-corrected chi connectivity index (χ3v) is 6.56. The van der Waals surface area contributed by atoms with Gasteiger partial charge in [0.25, 0.3) is 0 Å². The second-order valence-corrected chi connectivity index (χ2v) is 7.90. The fraction of sp³-hybridized carbons (Fsp3) is 1.00. The van der Waals surface area contributed by atoms with E-state index in [9.17, 15) is 0 Å². The van der Waals surface area contributed by atoms with E-state index in [1.54, 1.807) is 0 Å². The van der Waals surface area contributed by atoms with Crippen molar-refractivity contribution in [2.75, 3.05) is 6.61 Å². The molecule has 1 nitrogen and oxygen atoms in total. The topological polar surface area (TPSA) is 9.23 Å². The van der Waals surface area contributed by atoms with Crippen LogP contribution in [0.3, 0.4) is 0 Å². The standard InChI is InChI=1S/C17H30O/c1-4-16(2,3)15-6-9-17(10-7-15)8-5-13-11-14(13)12-18-17/h13-15H,4-12H2,1-3H3/t13-,14+,15?,17?/m1/s1. The molecule has 0 aromatic carbocycles. The third kappa shape index (κ3) is 2.35. The van der Waals surface area contributed by atoms with E-state index >= 15 is 0 Å². The molecule has 0 amide bonds. The fourth-order valence-electron chi connectivity index (χ4n) is 4.28. The van der Waals surface area contributed by atoms with Gasteiger partial charge in [0.1, 0.15) is 0 Å². The normalized spacial score (nSPS) is 44.5. The predicted molar refractivity (Wildman–Crippen MR) is 75.5 cm³/mol. The van der Waals surface area contributed by atoms with Gasteiger partial charge in [-0.25, -0.2) is 0 Å². The Bertz CT molecular complexity index is 285. The average Bonchev–Trinajstić information content (AvgIpc) is 3.14. The second kappa shape index (κ2) is 4.51. The Labute approximate surface area is 113 Å². The van der Waals surface area contributed by atoms with Gasteiger partial charge in [0.15, 0.2) is 0 Å². The Morgan fingerprint density at radius 3 is 2.39 bits per heavy atom. The van der Waals surface area contributed by atoms with Crippen LogP contribution in [0.1, 0.15) is 72.1 Å². The van der Waals surface area contributed by atoms with Crippen molar-refractivity contribution in [2.45, 2.75) is 77.7 Å². The minimum Gasteiger partial charge on any atom is -0.375 e. The highest BCUT2D eigenvalue weighted by molar-refractivity contribution is 4.97. The lowest BCUT2D eigenvalue weighted by Gasteiger charge is -2.44. The van der Waals surface area contributed by atoms with Crippen LogP contribution in [0.15, 0.2) is 0 Å². The van der Waals surface area contributed by atoms with Crippen LogP contribution in [0.2, 0.25) is 0 Å². The smallest absolute Gasteiger partial charge is 0.0683 e. The van der Waals surface area contributed by atoms with Crippen molar-refractivity contribution < 1.29 is 4.74 Å². The summed E-state index contributed by atoms with van der Waals surface area (Å²) in [5, 5.41) is 0. The van der Waals surface area contributed by atoms with Crippen LogP contribution < -0.4 is 0 Å². The number of fused-ring (bicyclic) bond motifs is 1. The molecule has 3 aliphatic rings. The molecule has 104 valence electrons. The van der Waals surface area contributed by atoms with Crippen LogP contribution in [0, 0.1) is 23.2 Å². The highest BCUT2D eigenvalue weighted by Crippen LogP contribution is 2.52. The Morgan fingerprint density at radius 1 is 1.06 bits per heavy atom. The van der Waals surface area contributed by atoms with Gasteiger partial charge in [0.2, 0.25) is 0 Å². The van der Waals surface area contributed by atoms with E-state index in [0.29, 0.717) is 11.0 Å². The van der Waals surface area contributed by atoms with E-state index in [2.05, 4.69) is 20.8 Å². The van der Waals surface area contributed by atoms with Crippen LogP contribution in [-0.2, 0) is 4.74 Å². The first-order chi connectivity index (χ1) is 8.55. The van der Waals surface area contributed by atoms with E-state index < -0.39 is 0 Å². The molecule has 2 saturated carbocycles. The van der Waals surface area contributed by atoms with Gasteiger partial charge >= 0.3 is 0 Å². The zero-order valence-corrected chi connectivity index (χ0v) is 12.5. The summed E-state index contributed by atoms with van der Waals surface area (Å²) in [5.74, 6) is 2.90. The zero-order chi connectivity index (χ0) is 12.8. The summed E-state index contributed by atoms with van der Waals surface area (Å²) in [6.07, 6.45) is 11.0. The van der Waals surface area contributed by atoms with E-state index in [1.165, 1.54) is 51.4 Å². The van der Waals surface area contributed by atoms with Crippen molar-refractivity contribution in [2.24, 2.45) is 23.2 Å². The number of hydrogen-bond acceptors (Lipinski definition) is 1. The van der Waals surface area contributed by atoms with Crippen molar-refractivity contribution in [3.05, 3.63) is 0 Å². The lowest BCUT2D eigenvalue weighted by atomic mass is 9.65. The van der Waals surface area contributed by atoms with Crippen molar-refractivity contribution in [3.8, 4) is 0 Å². The summed E-state index contributed by atoms with van der Waals surface area (Å²) >= 11 is 0. The Kier molecular flexibility index (Phi) is 3.25.